The fourth-order valence-electron chi connectivity index (χ4n) is 6.12. The third-order valence-corrected chi connectivity index (χ3v) is 8.42. The van der Waals surface area contributed by atoms with Crippen LogP contribution in [0.15, 0.2) is 72.8 Å². The van der Waals surface area contributed by atoms with Gasteiger partial charge in [-0.3, -0.25) is 0 Å². The van der Waals surface area contributed by atoms with Crippen molar-refractivity contribution in [3.63, 3.8) is 0 Å². The van der Waals surface area contributed by atoms with Gasteiger partial charge in [0.15, 0.2) is 11.5 Å². The maximum atomic E-state index is 12.9. The first-order valence-electron chi connectivity index (χ1n) is 14.5. The number of fused-ring (bicyclic) bond motifs is 1. The molecule has 9 nitrogen and oxygen atoms in total. The molecule has 1 aliphatic heterocycles. The number of ether oxygens (including phenoxy) is 3. The number of likely N-dealkylation sites (N-methyl/N-ethyl adjacent to an activating group) is 1. The molecule has 0 spiro atoms. The first-order chi connectivity index (χ1) is 21.4. The number of carbonyl (C=O) groups excluding carboxylic acids is 1. The minimum atomic E-state index is -5.08. The van der Waals surface area contributed by atoms with Crippen molar-refractivity contribution >= 4 is 17.7 Å². The van der Waals surface area contributed by atoms with Crippen LogP contribution >= 0.6 is 0 Å². The lowest BCUT2D eigenvalue weighted by molar-refractivity contribution is -0.192. The van der Waals surface area contributed by atoms with Crippen molar-refractivity contribution in [1.29, 1.82) is 0 Å². The summed E-state index contributed by atoms with van der Waals surface area (Å²) in [5, 5.41) is 13.3. The van der Waals surface area contributed by atoms with Crippen LogP contribution in [0.3, 0.4) is 0 Å². The van der Waals surface area contributed by atoms with E-state index in [1.807, 2.05) is 60.7 Å². The van der Waals surface area contributed by atoms with Crippen LogP contribution < -0.4 is 24.8 Å². The van der Waals surface area contributed by atoms with Crippen molar-refractivity contribution < 1.29 is 42.1 Å². The molecule has 1 heterocycles. The summed E-state index contributed by atoms with van der Waals surface area (Å²) < 4.78 is 48.6. The largest absolute Gasteiger partial charge is 0.493 e. The summed E-state index contributed by atoms with van der Waals surface area (Å²) in [5.41, 5.74) is 3.20. The number of carboxylic acids is 1. The number of methoxy groups -OCH3 is 2. The topological polar surface area (TPSA) is 109 Å². The molecule has 45 heavy (non-hydrogen) atoms. The molecular weight excluding hydrogens is 591 g/mol. The molecule has 1 saturated heterocycles. The van der Waals surface area contributed by atoms with Crippen LogP contribution in [0.25, 0.3) is 0 Å². The molecule has 0 aromatic heterocycles. The Bertz CT molecular complexity index is 1440. The van der Waals surface area contributed by atoms with Crippen LogP contribution in [0.2, 0.25) is 0 Å². The summed E-state index contributed by atoms with van der Waals surface area (Å²) in [6.45, 7) is 1.55. The van der Waals surface area contributed by atoms with E-state index in [0.717, 1.165) is 60.7 Å². The zero-order valence-electron chi connectivity index (χ0n) is 25.4. The molecule has 0 bridgehead atoms. The number of alkyl halides is 3. The number of likely N-dealkylation sites (tertiary alicyclic amines) is 1. The van der Waals surface area contributed by atoms with Crippen LogP contribution in [0.4, 0.5) is 23.7 Å². The Morgan fingerprint density at radius 1 is 0.978 bits per heavy atom. The van der Waals surface area contributed by atoms with Gasteiger partial charge in [0.25, 0.3) is 0 Å². The number of nitrogens with zero attached hydrogens (tertiary/aromatic N) is 1. The Balaban J connectivity index is 0.000000591. The highest BCUT2D eigenvalue weighted by Crippen LogP contribution is 2.49. The third-order valence-electron chi connectivity index (χ3n) is 8.42. The number of hydrogen-bond acceptors (Lipinski definition) is 6. The van der Waals surface area contributed by atoms with Crippen LogP contribution in [-0.4, -0.2) is 68.1 Å². The van der Waals surface area contributed by atoms with Gasteiger partial charge in [0.2, 0.25) is 0 Å². The van der Waals surface area contributed by atoms with E-state index in [1.54, 1.807) is 14.2 Å². The molecule has 0 radical (unpaired) electrons. The van der Waals surface area contributed by atoms with Gasteiger partial charge in [0, 0.05) is 23.2 Å². The summed E-state index contributed by atoms with van der Waals surface area (Å²) in [7, 11) is 5.54. The van der Waals surface area contributed by atoms with Crippen molar-refractivity contribution in [2.45, 2.75) is 56.0 Å². The van der Waals surface area contributed by atoms with E-state index in [1.165, 1.54) is 5.56 Å². The van der Waals surface area contributed by atoms with E-state index in [9.17, 15) is 18.0 Å². The lowest BCUT2D eigenvalue weighted by Gasteiger charge is -2.45. The molecule has 1 saturated carbocycles. The molecule has 5 rings (SSSR count). The van der Waals surface area contributed by atoms with Crippen LogP contribution in [0.5, 0.6) is 17.2 Å². The minimum absolute atomic E-state index is 0.0541. The quantitative estimate of drug-likeness (QED) is 0.271. The zero-order valence-corrected chi connectivity index (χ0v) is 25.4. The molecule has 3 atom stereocenters. The van der Waals surface area contributed by atoms with Gasteiger partial charge < -0.3 is 34.9 Å². The first kappa shape index (κ1) is 33.4. The number of anilines is 1. The molecule has 3 unspecified atom stereocenters. The van der Waals surface area contributed by atoms with Crippen LogP contribution in [-0.2, 0) is 16.8 Å². The number of benzene rings is 3. The SMILES string of the molecule is COc1ccc(C23CCC(NC(=O)Nc4ccc(OCc5ccccc5)cc4)CC2N(C)CC3)cc1OC.O=C(O)C(F)(F)F. The van der Waals surface area contributed by atoms with Crippen molar-refractivity contribution in [1.82, 2.24) is 10.2 Å². The summed E-state index contributed by atoms with van der Waals surface area (Å²) in [6, 6.07) is 24.2. The average molecular weight is 630 g/mol. The molecule has 242 valence electrons. The van der Waals surface area contributed by atoms with E-state index in [0.29, 0.717) is 12.6 Å². The molecular formula is C33H38F3N3O6. The summed E-state index contributed by atoms with van der Waals surface area (Å²) >= 11 is 0. The third kappa shape index (κ3) is 8.39. The first-order valence-corrected chi connectivity index (χ1v) is 14.5. The number of amides is 2. The fourth-order valence-corrected chi connectivity index (χ4v) is 6.12. The predicted molar refractivity (Wildman–Crippen MR) is 163 cm³/mol. The molecule has 3 N–H and O–H groups in total. The van der Waals surface area contributed by atoms with Gasteiger partial charge in [-0.15, -0.1) is 0 Å². The standard InChI is InChI=1S/C31H37N3O4.C2HF3O2/c1-34-18-17-31(23-9-14-27(36-2)28(19-23)37-3)16-15-25(20-29(31)34)33-30(35)32-24-10-12-26(13-11-24)38-21-22-7-5-4-6-8-22;3-2(4,5)1(6)7/h4-14,19,25,29H,15-18,20-21H2,1-3H3,(H2,32,33,35);(H,6,7). The van der Waals surface area contributed by atoms with Crippen molar-refractivity contribution in [2.24, 2.45) is 0 Å². The maximum absolute atomic E-state index is 12.9. The molecule has 3 aromatic rings. The van der Waals surface area contributed by atoms with Crippen molar-refractivity contribution in [3.05, 3.63) is 83.9 Å². The molecule has 2 aliphatic rings. The van der Waals surface area contributed by atoms with Crippen LogP contribution in [0.1, 0.15) is 36.8 Å². The second-order valence-corrected chi connectivity index (χ2v) is 11.1. The molecule has 12 heteroatoms. The monoisotopic (exact) mass is 629 g/mol. The summed E-state index contributed by atoms with van der Waals surface area (Å²) in [5.74, 6) is -0.475. The summed E-state index contributed by atoms with van der Waals surface area (Å²) in [6.07, 6.45) is -1.14. The normalized spacial score (nSPS) is 21.0. The number of halogens is 3. The summed E-state index contributed by atoms with van der Waals surface area (Å²) in [4.78, 5) is 24.2. The van der Waals surface area contributed by atoms with Gasteiger partial charge in [-0.1, -0.05) is 36.4 Å². The Hall–Kier alpha value is -4.45. The Morgan fingerprint density at radius 3 is 2.27 bits per heavy atom. The molecule has 3 aromatic carbocycles. The van der Waals surface area contributed by atoms with Gasteiger partial charge in [-0.2, -0.15) is 13.2 Å². The Morgan fingerprint density at radius 2 is 1.64 bits per heavy atom. The smallest absolute Gasteiger partial charge is 0.490 e. The predicted octanol–water partition coefficient (Wildman–Crippen LogP) is 6.23. The highest BCUT2D eigenvalue weighted by atomic mass is 19.4. The molecule has 1 aliphatic carbocycles. The minimum Gasteiger partial charge on any atom is -0.493 e. The highest BCUT2D eigenvalue weighted by molar-refractivity contribution is 5.89. The number of carbonyl (C=O) groups is 2. The number of urea groups is 1. The Kier molecular flexibility index (Phi) is 10.8. The zero-order chi connectivity index (χ0) is 32.6. The fraction of sp³-hybridized carbons (Fsp3) is 0.394. The number of aliphatic carboxylic acids is 1. The van der Waals surface area contributed by atoms with Crippen molar-refractivity contribution in [3.8, 4) is 17.2 Å². The van der Waals surface area contributed by atoms with Gasteiger partial charge in [0.1, 0.15) is 12.4 Å². The van der Waals surface area contributed by atoms with E-state index < -0.39 is 12.1 Å². The average Bonchev–Trinajstić information content (AvgIpc) is 3.37. The second kappa shape index (κ2) is 14.6. The lowest BCUT2D eigenvalue weighted by atomic mass is 9.65. The number of hydrogen-bond donors (Lipinski definition) is 3. The van der Waals surface area contributed by atoms with Gasteiger partial charge in [-0.25, -0.2) is 9.59 Å². The molecule has 2 amide bonds. The van der Waals surface area contributed by atoms with E-state index >= 15 is 0 Å². The number of nitrogens with one attached hydrogen (secondary N) is 2. The van der Waals surface area contributed by atoms with Gasteiger partial charge in [-0.05, 0) is 86.8 Å². The van der Waals surface area contributed by atoms with Gasteiger partial charge in [0.05, 0.1) is 14.2 Å². The van der Waals surface area contributed by atoms with Crippen molar-refractivity contribution in [2.75, 3.05) is 33.1 Å². The highest BCUT2D eigenvalue weighted by Gasteiger charge is 2.50. The number of rotatable bonds is 8. The van der Waals surface area contributed by atoms with E-state index in [-0.39, 0.29) is 17.5 Å². The Labute approximate surface area is 260 Å². The second-order valence-electron chi connectivity index (χ2n) is 11.1. The molecule has 2 fully saturated rings. The lowest BCUT2D eigenvalue weighted by Crippen LogP contribution is -2.52. The van der Waals surface area contributed by atoms with E-state index in [2.05, 4.69) is 34.7 Å². The van der Waals surface area contributed by atoms with Gasteiger partial charge >= 0.3 is 18.2 Å². The maximum Gasteiger partial charge on any atom is 0.490 e. The van der Waals surface area contributed by atoms with Crippen LogP contribution in [0, 0.1) is 0 Å². The number of carboxylic acid groups (broad SMARTS) is 1. The van der Waals surface area contributed by atoms with E-state index in [4.69, 9.17) is 24.1 Å².